The smallest absolute Gasteiger partial charge is 0.178 e. The van der Waals surface area contributed by atoms with E-state index in [-0.39, 0.29) is 0 Å². The van der Waals surface area contributed by atoms with Gasteiger partial charge in [0.15, 0.2) is 11.5 Å². The fourth-order valence-electron chi connectivity index (χ4n) is 4.08. The van der Waals surface area contributed by atoms with Crippen molar-refractivity contribution >= 4 is 23.0 Å². The van der Waals surface area contributed by atoms with Gasteiger partial charge in [0, 0.05) is 37.1 Å². The molecule has 3 aromatic rings. The quantitative estimate of drug-likeness (QED) is 0.704. The Morgan fingerprint density at radius 2 is 1.88 bits per heavy atom. The molecule has 0 N–H and O–H groups in total. The highest BCUT2D eigenvalue weighted by molar-refractivity contribution is 7.03. The van der Waals surface area contributed by atoms with Gasteiger partial charge < -0.3 is 4.90 Å². The summed E-state index contributed by atoms with van der Waals surface area (Å²) < 4.78 is 6.18. The molecule has 5 heterocycles. The van der Waals surface area contributed by atoms with Gasteiger partial charge in [-0.25, -0.2) is 4.37 Å². The minimum Gasteiger partial charge on any atom is -0.355 e. The molecule has 0 spiro atoms. The van der Waals surface area contributed by atoms with Gasteiger partial charge in [-0.1, -0.05) is 0 Å². The molecule has 136 valence electrons. The van der Waals surface area contributed by atoms with Crippen LogP contribution in [0, 0.1) is 0 Å². The van der Waals surface area contributed by atoms with Crippen molar-refractivity contribution in [3.05, 3.63) is 35.1 Å². The van der Waals surface area contributed by atoms with E-state index < -0.39 is 0 Å². The fraction of sp³-hybridized carbons (Fsp3) is 0.556. The molecule has 0 atom stereocenters. The van der Waals surface area contributed by atoms with E-state index in [1.165, 1.54) is 29.9 Å². The Balaban J connectivity index is 1.32. The molecular weight excluding hydrogens is 346 g/mol. The minimum absolute atomic E-state index is 0.433. The molecule has 0 saturated carbocycles. The third-order valence-electron chi connectivity index (χ3n) is 5.55. The van der Waals surface area contributed by atoms with Crippen molar-refractivity contribution < 1.29 is 0 Å². The Hall–Kier alpha value is -2.06. The van der Waals surface area contributed by atoms with Crippen molar-refractivity contribution in [2.24, 2.45) is 0 Å². The molecule has 2 saturated heterocycles. The lowest BCUT2D eigenvalue weighted by molar-refractivity contribution is 0.201. The second kappa shape index (κ2) is 6.92. The second-order valence-electron chi connectivity index (χ2n) is 7.30. The van der Waals surface area contributed by atoms with Crippen molar-refractivity contribution in [3.63, 3.8) is 0 Å². The van der Waals surface area contributed by atoms with E-state index in [9.17, 15) is 0 Å². The highest BCUT2D eigenvalue weighted by Crippen LogP contribution is 2.28. The predicted octanol–water partition coefficient (Wildman–Crippen LogP) is 2.56. The number of fused-ring (bicyclic) bond motifs is 1. The maximum atomic E-state index is 4.87. The number of likely N-dealkylation sites (tertiary alicyclic amines) is 1. The van der Waals surface area contributed by atoms with E-state index in [0.717, 1.165) is 62.9 Å². The first-order chi connectivity index (χ1) is 12.9. The number of hydrogen-bond acceptors (Lipinski definition) is 7. The molecule has 2 aliphatic rings. The van der Waals surface area contributed by atoms with Gasteiger partial charge in [0.25, 0.3) is 0 Å². The molecule has 5 rings (SSSR count). The molecule has 7 nitrogen and oxygen atoms in total. The molecular formula is C18H23N7S. The molecule has 0 aromatic carbocycles. The van der Waals surface area contributed by atoms with Crippen molar-refractivity contribution in [3.8, 4) is 0 Å². The Morgan fingerprint density at radius 1 is 1.04 bits per heavy atom. The number of nitrogens with zero attached hydrogens (tertiary/aromatic N) is 7. The van der Waals surface area contributed by atoms with Crippen LogP contribution in [-0.2, 0) is 6.54 Å². The van der Waals surface area contributed by atoms with Gasteiger partial charge in [-0.2, -0.15) is 4.52 Å². The molecule has 3 aromatic heterocycles. The first kappa shape index (κ1) is 16.1. The summed E-state index contributed by atoms with van der Waals surface area (Å²) in [5.41, 5.74) is 2.17. The summed E-state index contributed by atoms with van der Waals surface area (Å²) in [6, 6.07) is 4.13. The van der Waals surface area contributed by atoms with Gasteiger partial charge in [-0.05, 0) is 68.0 Å². The molecule has 2 aliphatic heterocycles. The third-order valence-corrected chi connectivity index (χ3v) is 6.18. The van der Waals surface area contributed by atoms with E-state index in [2.05, 4.69) is 41.9 Å². The lowest BCUT2D eigenvalue weighted by atomic mass is 9.96. The van der Waals surface area contributed by atoms with Gasteiger partial charge in [-0.3, -0.25) is 4.90 Å². The lowest BCUT2D eigenvalue weighted by Gasteiger charge is -2.30. The summed E-state index contributed by atoms with van der Waals surface area (Å²) in [6.07, 6.45) is 6.70. The molecule has 2 fully saturated rings. The van der Waals surface area contributed by atoms with Crippen LogP contribution in [0.3, 0.4) is 0 Å². The maximum Gasteiger partial charge on any atom is 0.178 e. The van der Waals surface area contributed by atoms with Crippen molar-refractivity contribution in [2.75, 3.05) is 31.1 Å². The van der Waals surface area contributed by atoms with Gasteiger partial charge in [0.2, 0.25) is 0 Å². The molecule has 26 heavy (non-hydrogen) atoms. The van der Waals surface area contributed by atoms with E-state index in [1.807, 2.05) is 10.7 Å². The van der Waals surface area contributed by atoms with Crippen LogP contribution in [0.1, 0.15) is 43.0 Å². The van der Waals surface area contributed by atoms with Crippen molar-refractivity contribution in [2.45, 2.75) is 38.1 Å². The summed E-state index contributed by atoms with van der Waals surface area (Å²) in [5.74, 6) is 2.51. The summed E-state index contributed by atoms with van der Waals surface area (Å²) in [7, 11) is 0. The Labute approximate surface area is 156 Å². The predicted molar refractivity (Wildman–Crippen MR) is 102 cm³/mol. The van der Waals surface area contributed by atoms with Gasteiger partial charge in [0.1, 0.15) is 5.82 Å². The highest BCUT2D eigenvalue weighted by Gasteiger charge is 2.26. The summed E-state index contributed by atoms with van der Waals surface area (Å²) in [4.78, 5) is 4.87. The van der Waals surface area contributed by atoms with Gasteiger partial charge in [0.05, 0.1) is 0 Å². The number of aromatic nitrogens is 5. The Morgan fingerprint density at radius 3 is 2.65 bits per heavy atom. The number of hydrogen-bond donors (Lipinski definition) is 0. The largest absolute Gasteiger partial charge is 0.355 e. The molecule has 0 unspecified atom stereocenters. The molecule has 0 aliphatic carbocycles. The second-order valence-corrected chi connectivity index (χ2v) is 7.95. The zero-order valence-corrected chi connectivity index (χ0v) is 15.6. The summed E-state index contributed by atoms with van der Waals surface area (Å²) >= 11 is 1.53. The molecule has 0 radical (unpaired) electrons. The fourth-order valence-corrected chi connectivity index (χ4v) is 4.61. The molecule has 8 heteroatoms. The van der Waals surface area contributed by atoms with Crippen LogP contribution in [0.2, 0.25) is 0 Å². The van der Waals surface area contributed by atoms with Gasteiger partial charge >= 0.3 is 0 Å². The zero-order chi connectivity index (χ0) is 17.3. The van der Waals surface area contributed by atoms with Crippen LogP contribution in [-0.4, -0.2) is 55.3 Å². The van der Waals surface area contributed by atoms with E-state index in [0.29, 0.717) is 5.92 Å². The first-order valence-corrected chi connectivity index (χ1v) is 10.3. The topological polar surface area (TPSA) is 62.5 Å². The Bertz CT molecular complexity index is 861. The highest BCUT2D eigenvalue weighted by atomic mass is 32.1. The summed E-state index contributed by atoms with van der Waals surface area (Å²) in [5, 5.41) is 15.9. The van der Waals surface area contributed by atoms with Crippen LogP contribution < -0.4 is 4.90 Å². The monoisotopic (exact) mass is 369 g/mol. The Kier molecular flexibility index (Phi) is 4.30. The average Bonchev–Trinajstić information content (AvgIpc) is 3.43. The van der Waals surface area contributed by atoms with E-state index in [4.69, 9.17) is 5.10 Å². The standard InChI is InChI=1S/C18H23N7S/c1-2-8-24(7-1)17-4-3-16-20-21-18(25(16)22-17)15-5-9-23(10-6-15)12-14-11-19-26-13-14/h3-4,11,13,15H,1-2,5-10,12H2. The van der Waals surface area contributed by atoms with Crippen LogP contribution in [0.15, 0.2) is 23.7 Å². The van der Waals surface area contributed by atoms with Crippen LogP contribution >= 0.6 is 11.5 Å². The van der Waals surface area contributed by atoms with E-state index in [1.54, 1.807) is 0 Å². The first-order valence-electron chi connectivity index (χ1n) is 9.45. The third kappa shape index (κ3) is 3.07. The van der Waals surface area contributed by atoms with Crippen LogP contribution in [0.25, 0.3) is 5.65 Å². The maximum absolute atomic E-state index is 4.87. The van der Waals surface area contributed by atoms with Crippen LogP contribution in [0.5, 0.6) is 0 Å². The average molecular weight is 369 g/mol. The molecule has 0 amide bonds. The van der Waals surface area contributed by atoms with Crippen molar-refractivity contribution in [1.29, 1.82) is 0 Å². The van der Waals surface area contributed by atoms with Gasteiger partial charge in [-0.15, -0.1) is 15.3 Å². The zero-order valence-electron chi connectivity index (χ0n) is 14.8. The van der Waals surface area contributed by atoms with Crippen molar-refractivity contribution in [1.82, 2.24) is 29.1 Å². The number of rotatable bonds is 4. The van der Waals surface area contributed by atoms with Crippen LogP contribution in [0.4, 0.5) is 5.82 Å². The van der Waals surface area contributed by atoms with E-state index >= 15 is 0 Å². The SMILES string of the molecule is c1nscc1CN1CCC(c2nnc3ccc(N4CCCC4)nn23)CC1. The summed E-state index contributed by atoms with van der Waals surface area (Å²) in [6.45, 7) is 5.38. The molecule has 0 bridgehead atoms. The number of piperidine rings is 1. The minimum atomic E-state index is 0.433. The lowest BCUT2D eigenvalue weighted by Crippen LogP contribution is -2.33. The normalized spacial score (nSPS) is 19.6. The number of anilines is 1.